The van der Waals surface area contributed by atoms with Gasteiger partial charge in [-0.25, -0.2) is 0 Å². The number of benzene rings is 1. The van der Waals surface area contributed by atoms with Crippen molar-refractivity contribution < 1.29 is 19.1 Å². The van der Waals surface area contributed by atoms with E-state index in [1.165, 1.54) is 6.08 Å². The van der Waals surface area contributed by atoms with E-state index in [1.807, 2.05) is 6.07 Å². The lowest BCUT2D eigenvalue weighted by molar-refractivity contribution is -0.141. The van der Waals surface area contributed by atoms with Crippen LogP contribution in [0.1, 0.15) is 11.3 Å². The third-order valence-electron chi connectivity index (χ3n) is 3.56. The highest BCUT2D eigenvalue weighted by atomic mass is 16.4. The zero-order valence-electron chi connectivity index (χ0n) is 10.7. The molecule has 5 nitrogen and oxygen atoms in total. The molecule has 2 aromatic rings. The first-order chi connectivity index (χ1) is 9.58. The number of carbonyl (C=O) groups is 2. The summed E-state index contributed by atoms with van der Waals surface area (Å²) in [5.41, 5.74) is 2.29. The van der Waals surface area contributed by atoms with Crippen LogP contribution in [0.4, 0.5) is 5.69 Å². The fourth-order valence-corrected chi connectivity index (χ4v) is 2.58. The van der Waals surface area contributed by atoms with E-state index in [9.17, 15) is 9.59 Å². The Kier molecular flexibility index (Phi) is 2.82. The quantitative estimate of drug-likeness (QED) is 0.840. The van der Waals surface area contributed by atoms with Crippen LogP contribution in [-0.4, -0.2) is 17.0 Å². The zero-order valence-corrected chi connectivity index (χ0v) is 10.7. The summed E-state index contributed by atoms with van der Waals surface area (Å²) < 4.78 is 5.68. The molecule has 1 aliphatic carbocycles. The van der Waals surface area contributed by atoms with Crippen molar-refractivity contribution >= 4 is 28.5 Å². The molecule has 0 saturated heterocycles. The predicted molar refractivity (Wildman–Crippen MR) is 73.6 cm³/mol. The van der Waals surface area contributed by atoms with Gasteiger partial charge in [0.2, 0.25) is 5.91 Å². The molecule has 0 aliphatic heterocycles. The van der Waals surface area contributed by atoms with E-state index in [1.54, 1.807) is 12.1 Å². The summed E-state index contributed by atoms with van der Waals surface area (Å²) in [6, 6.07) is 5.34. The summed E-state index contributed by atoms with van der Waals surface area (Å²) in [6.45, 7) is 3.40. The van der Waals surface area contributed by atoms with Crippen LogP contribution < -0.4 is 5.32 Å². The van der Waals surface area contributed by atoms with Gasteiger partial charge >= 0.3 is 5.97 Å². The van der Waals surface area contributed by atoms with Gasteiger partial charge < -0.3 is 14.8 Å². The number of hydrogen-bond acceptors (Lipinski definition) is 3. The average Bonchev–Trinajstić information content (AvgIpc) is 2.96. The molecule has 102 valence electrons. The number of hydrogen-bond donors (Lipinski definition) is 2. The lowest BCUT2D eigenvalue weighted by Crippen LogP contribution is -2.13. The molecule has 5 heteroatoms. The van der Waals surface area contributed by atoms with Crippen LogP contribution in [0, 0.1) is 5.92 Å². The highest BCUT2D eigenvalue weighted by Crippen LogP contribution is 2.36. The molecule has 1 aliphatic rings. The fourth-order valence-electron chi connectivity index (χ4n) is 2.58. The molecule has 0 radical (unpaired) electrons. The minimum atomic E-state index is -0.805. The largest absolute Gasteiger partial charge is 0.481 e. The molecule has 1 unspecified atom stereocenters. The number of furan rings is 1. The second kappa shape index (κ2) is 4.52. The van der Waals surface area contributed by atoms with Crippen LogP contribution in [0.2, 0.25) is 0 Å². The van der Waals surface area contributed by atoms with E-state index in [0.717, 1.165) is 22.3 Å². The van der Waals surface area contributed by atoms with Crippen molar-refractivity contribution in [2.45, 2.75) is 12.8 Å². The van der Waals surface area contributed by atoms with Crippen LogP contribution in [0.5, 0.6) is 0 Å². The van der Waals surface area contributed by atoms with Crippen LogP contribution in [0.25, 0.3) is 11.0 Å². The summed E-state index contributed by atoms with van der Waals surface area (Å²) in [5, 5.41) is 12.6. The van der Waals surface area contributed by atoms with Crippen molar-refractivity contribution in [2.75, 3.05) is 5.32 Å². The van der Waals surface area contributed by atoms with E-state index in [2.05, 4.69) is 11.9 Å². The van der Waals surface area contributed by atoms with Crippen molar-refractivity contribution in [1.29, 1.82) is 0 Å². The molecule has 0 fully saturated rings. The molecule has 2 N–H and O–H groups in total. The highest BCUT2D eigenvalue weighted by Gasteiger charge is 2.31. The molecule has 1 heterocycles. The Balaban J connectivity index is 1.98. The van der Waals surface area contributed by atoms with Crippen LogP contribution in [0.15, 0.2) is 35.3 Å². The predicted octanol–water partition coefficient (Wildman–Crippen LogP) is 2.36. The maximum absolute atomic E-state index is 11.3. The Hall–Kier alpha value is -2.56. The maximum atomic E-state index is 11.3. The highest BCUT2D eigenvalue weighted by molar-refractivity contribution is 6.00. The number of rotatable bonds is 3. The first-order valence-electron chi connectivity index (χ1n) is 6.29. The Morgan fingerprint density at radius 1 is 1.40 bits per heavy atom. The number of anilines is 1. The van der Waals surface area contributed by atoms with Crippen LogP contribution in [0.3, 0.4) is 0 Å². The molecule has 3 rings (SSSR count). The van der Waals surface area contributed by atoms with E-state index >= 15 is 0 Å². The second-order valence-corrected chi connectivity index (χ2v) is 4.85. The van der Waals surface area contributed by atoms with Gasteiger partial charge in [-0.05, 0) is 30.7 Å². The van der Waals surface area contributed by atoms with Crippen molar-refractivity contribution in [3.05, 3.63) is 42.2 Å². The normalized spacial score (nSPS) is 16.9. The number of carboxylic acids is 1. The molecule has 0 saturated carbocycles. The summed E-state index contributed by atoms with van der Waals surface area (Å²) >= 11 is 0. The first kappa shape index (κ1) is 12.5. The van der Waals surface area contributed by atoms with Crippen molar-refractivity contribution in [3.8, 4) is 0 Å². The van der Waals surface area contributed by atoms with Gasteiger partial charge in [-0.2, -0.15) is 0 Å². The lowest BCUT2D eigenvalue weighted by Gasteiger charge is -2.04. The monoisotopic (exact) mass is 271 g/mol. The van der Waals surface area contributed by atoms with Gasteiger partial charge in [0, 0.05) is 23.1 Å². The molecule has 0 spiro atoms. The number of carbonyl (C=O) groups excluding carboxylic acids is 1. The van der Waals surface area contributed by atoms with Crippen molar-refractivity contribution in [3.63, 3.8) is 0 Å². The van der Waals surface area contributed by atoms with Gasteiger partial charge in [-0.3, -0.25) is 9.59 Å². The first-order valence-corrected chi connectivity index (χ1v) is 6.29. The molecular formula is C15H13NO4. The second-order valence-electron chi connectivity index (χ2n) is 4.85. The van der Waals surface area contributed by atoms with Gasteiger partial charge in [0.1, 0.15) is 11.3 Å². The third-order valence-corrected chi connectivity index (χ3v) is 3.56. The lowest BCUT2D eigenvalue weighted by atomic mass is 10.1. The zero-order chi connectivity index (χ0) is 14.3. The summed E-state index contributed by atoms with van der Waals surface area (Å²) in [5.74, 6) is -0.771. The van der Waals surface area contributed by atoms with Gasteiger partial charge in [0.15, 0.2) is 0 Å². The molecular weight excluding hydrogens is 258 g/mol. The number of carboxylic acid groups (broad SMARTS) is 1. The van der Waals surface area contributed by atoms with E-state index < -0.39 is 11.9 Å². The van der Waals surface area contributed by atoms with Crippen LogP contribution in [-0.2, 0) is 22.4 Å². The van der Waals surface area contributed by atoms with Gasteiger partial charge in [0.25, 0.3) is 0 Å². The minimum absolute atomic E-state index is 0.284. The summed E-state index contributed by atoms with van der Waals surface area (Å²) in [4.78, 5) is 22.3. The maximum Gasteiger partial charge on any atom is 0.307 e. The summed E-state index contributed by atoms with van der Waals surface area (Å²) in [6.07, 6.45) is 2.09. The molecule has 1 amide bonds. The van der Waals surface area contributed by atoms with Gasteiger partial charge in [0.05, 0.1) is 5.92 Å². The molecule has 1 aromatic heterocycles. The van der Waals surface area contributed by atoms with Crippen molar-refractivity contribution in [1.82, 2.24) is 0 Å². The van der Waals surface area contributed by atoms with E-state index in [0.29, 0.717) is 18.5 Å². The van der Waals surface area contributed by atoms with E-state index in [4.69, 9.17) is 9.52 Å². The Morgan fingerprint density at radius 2 is 2.20 bits per heavy atom. The van der Waals surface area contributed by atoms with Crippen LogP contribution >= 0.6 is 0 Å². The SMILES string of the molecule is C=CC(=O)Nc1ccc2oc3c(c2c1)CC(C(=O)O)C3. The summed E-state index contributed by atoms with van der Waals surface area (Å²) in [7, 11) is 0. The number of nitrogens with one attached hydrogen (secondary N) is 1. The standard InChI is InChI=1S/C15H13NO4/c1-2-14(17)16-9-3-4-12-11(7-9)10-5-8(15(18)19)6-13(10)20-12/h2-4,7-8H,1,5-6H2,(H,16,17)(H,18,19). The molecule has 1 aromatic carbocycles. The number of amides is 1. The molecule has 20 heavy (non-hydrogen) atoms. The Labute approximate surface area is 114 Å². The third kappa shape index (κ3) is 1.97. The Bertz CT molecular complexity index is 729. The number of aliphatic carboxylic acids is 1. The fraction of sp³-hybridized carbons (Fsp3) is 0.200. The topological polar surface area (TPSA) is 79.5 Å². The van der Waals surface area contributed by atoms with Crippen molar-refractivity contribution in [2.24, 2.45) is 5.92 Å². The van der Waals surface area contributed by atoms with Gasteiger partial charge in [-0.15, -0.1) is 0 Å². The molecule has 0 bridgehead atoms. The minimum Gasteiger partial charge on any atom is -0.481 e. The van der Waals surface area contributed by atoms with Gasteiger partial charge in [-0.1, -0.05) is 6.58 Å². The average molecular weight is 271 g/mol. The van der Waals surface area contributed by atoms with E-state index in [-0.39, 0.29) is 5.91 Å². The smallest absolute Gasteiger partial charge is 0.307 e. The Morgan fingerprint density at radius 3 is 2.90 bits per heavy atom. The molecule has 1 atom stereocenters. The number of fused-ring (bicyclic) bond motifs is 3.